The average Bonchev–Trinajstić information content (AvgIpc) is 3.05. The van der Waals surface area contributed by atoms with Crippen LogP contribution in [0.25, 0.3) is 5.57 Å². The van der Waals surface area contributed by atoms with Crippen LogP contribution in [0.5, 0.6) is 0 Å². The number of rotatable bonds is 4. The fourth-order valence-corrected chi connectivity index (χ4v) is 3.74. The van der Waals surface area contributed by atoms with E-state index in [0.29, 0.717) is 28.0 Å². The Morgan fingerprint density at radius 2 is 1.58 bits per heavy atom. The van der Waals surface area contributed by atoms with Gasteiger partial charge in [0.15, 0.2) is 5.76 Å². The minimum atomic E-state index is -0.660. The summed E-state index contributed by atoms with van der Waals surface area (Å²) in [5.41, 5.74) is 3.69. The van der Waals surface area contributed by atoms with Gasteiger partial charge >= 0.3 is 5.97 Å². The second-order valence-electron chi connectivity index (χ2n) is 7.30. The van der Waals surface area contributed by atoms with Crippen LogP contribution in [-0.4, -0.2) is 24.1 Å². The highest BCUT2D eigenvalue weighted by atomic mass is 19.1. The Kier molecular flexibility index (Phi) is 5.29. The van der Waals surface area contributed by atoms with Crippen LogP contribution < -0.4 is 4.90 Å². The molecule has 3 aromatic carbocycles. The molecule has 0 spiro atoms. The first kappa shape index (κ1) is 20.3. The molecule has 31 heavy (non-hydrogen) atoms. The van der Waals surface area contributed by atoms with Crippen molar-refractivity contribution in [3.8, 4) is 0 Å². The number of aliphatic hydroxyl groups excluding tert-OH is 1. The Balaban J connectivity index is 1.86. The predicted octanol–water partition coefficient (Wildman–Crippen LogP) is 4.98. The number of halogens is 1. The number of benzene rings is 3. The summed E-state index contributed by atoms with van der Waals surface area (Å²) < 4.78 is 18.2. The molecule has 5 nitrogen and oxygen atoms in total. The maximum absolute atomic E-state index is 13.5. The van der Waals surface area contributed by atoms with Crippen molar-refractivity contribution >= 4 is 23.1 Å². The summed E-state index contributed by atoms with van der Waals surface area (Å²) in [5, 5.41) is 10.8. The summed E-state index contributed by atoms with van der Waals surface area (Å²) in [5.74, 6) is -1.84. The maximum Gasteiger partial charge on any atom is 0.337 e. The first-order chi connectivity index (χ1) is 14.9. The van der Waals surface area contributed by atoms with E-state index in [1.165, 1.54) is 36.3 Å². The Morgan fingerprint density at radius 3 is 2.16 bits per heavy atom. The van der Waals surface area contributed by atoms with Gasteiger partial charge < -0.3 is 9.84 Å². The number of hydrogen-bond acceptors (Lipinski definition) is 4. The second-order valence-corrected chi connectivity index (χ2v) is 7.30. The average molecular weight is 417 g/mol. The maximum atomic E-state index is 13.5. The van der Waals surface area contributed by atoms with Gasteiger partial charge in [-0.15, -0.1) is 0 Å². The van der Waals surface area contributed by atoms with E-state index >= 15 is 0 Å². The third kappa shape index (κ3) is 3.68. The molecule has 1 amide bonds. The van der Waals surface area contributed by atoms with Crippen LogP contribution in [-0.2, 0) is 9.53 Å². The van der Waals surface area contributed by atoms with Crippen molar-refractivity contribution < 1.29 is 23.8 Å². The number of esters is 1. The largest absolute Gasteiger partial charge is 0.503 e. The third-order valence-corrected chi connectivity index (χ3v) is 5.32. The van der Waals surface area contributed by atoms with Crippen molar-refractivity contribution in [2.75, 3.05) is 12.0 Å². The number of carbonyl (C=O) groups is 2. The van der Waals surface area contributed by atoms with Crippen molar-refractivity contribution in [2.45, 2.75) is 13.0 Å². The number of amides is 1. The number of carbonyl (C=O) groups excluding carboxylic acids is 2. The van der Waals surface area contributed by atoms with Crippen molar-refractivity contribution in [1.82, 2.24) is 0 Å². The van der Waals surface area contributed by atoms with E-state index in [0.717, 1.165) is 5.56 Å². The zero-order valence-corrected chi connectivity index (χ0v) is 17.0. The number of hydrogen-bond donors (Lipinski definition) is 1. The van der Waals surface area contributed by atoms with Gasteiger partial charge in [-0.1, -0.05) is 42.0 Å². The normalized spacial score (nSPS) is 16.0. The number of aryl methyl sites for hydroxylation is 1. The highest BCUT2D eigenvalue weighted by Crippen LogP contribution is 2.45. The molecule has 6 heteroatoms. The van der Waals surface area contributed by atoms with Crippen LogP contribution in [0.15, 0.2) is 78.6 Å². The Morgan fingerprint density at radius 1 is 0.968 bits per heavy atom. The molecule has 1 heterocycles. The molecule has 0 radical (unpaired) electrons. The van der Waals surface area contributed by atoms with E-state index in [-0.39, 0.29) is 5.76 Å². The van der Waals surface area contributed by atoms with Crippen LogP contribution in [0.4, 0.5) is 10.1 Å². The zero-order valence-electron chi connectivity index (χ0n) is 17.0. The fourth-order valence-electron chi connectivity index (χ4n) is 3.74. The van der Waals surface area contributed by atoms with Gasteiger partial charge in [0.25, 0.3) is 5.91 Å². The molecule has 3 aromatic rings. The van der Waals surface area contributed by atoms with Gasteiger partial charge in [0.05, 0.1) is 18.7 Å². The number of methoxy groups -OCH3 is 1. The third-order valence-electron chi connectivity index (χ3n) is 5.32. The number of aliphatic hydroxyl groups is 1. The van der Waals surface area contributed by atoms with Crippen LogP contribution in [0, 0.1) is 12.7 Å². The molecule has 0 fully saturated rings. The van der Waals surface area contributed by atoms with Gasteiger partial charge in [-0.25, -0.2) is 9.18 Å². The monoisotopic (exact) mass is 417 g/mol. The molecule has 1 N–H and O–H groups in total. The van der Waals surface area contributed by atoms with E-state index in [2.05, 4.69) is 0 Å². The lowest BCUT2D eigenvalue weighted by Gasteiger charge is -2.27. The van der Waals surface area contributed by atoms with Crippen LogP contribution in [0.2, 0.25) is 0 Å². The predicted molar refractivity (Wildman–Crippen MR) is 115 cm³/mol. The van der Waals surface area contributed by atoms with Gasteiger partial charge in [0.2, 0.25) is 0 Å². The number of ether oxygens (including phenoxy) is 1. The molecular weight excluding hydrogens is 397 g/mol. The van der Waals surface area contributed by atoms with E-state index < -0.39 is 23.7 Å². The SMILES string of the molecule is COC(=O)c1ccc(C2C(c3ccc(C)cc3)=C(O)C(=O)N2c2ccc(F)cc2)cc1. The summed E-state index contributed by atoms with van der Waals surface area (Å²) in [6, 6.07) is 19.0. The topological polar surface area (TPSA) is 66.8 Å². The van der Waals surface area contributed by atoms with E-state index in [1.54, 1.807) is 24.3 Å². The molecule has 0 aliphatic carbocycles. The minimum Gasteiger partial charge on any atom is -0.503 e. The van der Waals surface area contributed by atoms with Crippen LogP contribution >= 0.6 is 0 Å². The summed E-state index contributed by atoms with van der Waals surface area (Å²) in [6.07, 6.45) is 0. The van der Waals surface area contributed by atoms with Crippen molar-refractivity contribution in [1.29, 1.82) is 0 Å². The fraction of sp³-hybridized carbons (Fsp3) is 0.120. The van der Waals surface area contributed by atoms with E-state index in [1.807, 2.05) is 31.2 Å². The standard InChI is InChI=1S/C25H20FNO4/c1-15-3-5-16(6-4-15)21-22(17-7-9-18(10-8-17)25(30)31-2)27(24(29)23(21)28)20-13-11-19(26)12-14-20/h3-14,22,28H,1-2H3. The zero-order chi connectivity index (χ0) is 22.1. The van der Waals surface area contributed by atoms with Gasteiger partial charge in [-0.05, 0) is 54.4 Å². The Labute approximate surface area is 179 Å². The molecule has 1 unspecified atom stereocenters. The molecule has 0 aromatic heterocycles. The van der Waals surface area contributed by atoms with Gasteiger partial charge in [0, 0.05) is 11.3 Å². The van der Waals surface area contributed by atoms with Crippen molar-refractivity contribution in [3.05, 3.63) is 107 Å². The first-order valence-electron chi connectivity index (χ1n) is 9.68. The van der Waals surface area contributed by atoms with E-state index in [9.17, 15) is 19.1 Å². The van der Waals surface area contributed by atoms with Crippen LogP contribution in [0.1, 0.15) is 33.1 Å². The second kappa shape index (κ2) is 8.07. The highest BCUT2D eigenvalue weighted by molar-refractivity contribution is 6.16. The quantitative estimate of drug-likeness (QED) is 0.608. The van der Waals surface area contributed by atoms with Crippen LogP contribution in [0.3, 0.4) is 0 Å². The molecule has 1 atom stereocenters. The number of nitrogens with zero attached hydrogens (tertiary/aromatic N) is 1. The highest BCUT2D eigenvalue weighted by Gasteiger charge is 2.42. The summed E-state index contributed by atoms with van der Waals surface area (Å²) in [7, 11) is 1.30. The molecule has 0 bridgehead atoms. The lowest BCUT2D eigenvalue weighted by Crippen LogP contribution is -2.30. The van der Waals surface area contributed by atoms with Gasteiger partial charge in [-0.3, -0.25) is 9.69 Å². The van der Waals surface area contributed by atoms with E-state index in [4.69, 9.17) is 4.74 Å². The molecule has 156 valence electrons. The van der Waals surface area contributed by atoms with Crippen molar-refractivity contribution in [2.24, 2.45) is 0 Å². The molecule has 1 aliphatic heterocycles. The molecular formula is C25H20FNO4. The molecule has 0 saturated carbocycles. The molecule has 0 saturated heterocycles. The lowest BCUT2D eigenvalue weighted by atomic mass is 9.92. The molecule has 4 rings (SSSR count). The minimum absolute atomic E-state index is 0.366. The molecule has 1 aliphatic rings. The van der Waals surface area contributed by atoms with Crippen molar-refractivity contribution in [3.63, 3.8) is 0 Å². The van der Waals surface area contributed by atoms with Gasteiger partial charge in [0.1, 0.15) is 5.82 Å². The summed E-state index contributed by atoms with van der Waals surface area (Å²) in [4.78, 5) is 26.3. The number of anilines is 1. The first-order valence-corrected chi connectivity index (χ1v) is 9.68. The van der Waals surface area contributed by atoms with Gasteiger partial charge in [-0.2, -0.15) is 0 Å². The smallest absolute Gasteiger partial charge is 0.337 e. The Hall–Kier alpha value is -3.93. The lowest BCUT2D eigenvalue weighted by molar-refractivity contribution is -0.117. The summed E-state index contributed by atoms with van der Waals surface area (Å²) in [6.45, 7) is 1.95. The summed E-state index contributed by atoms with van der Waals surface area (Å²) >= 11 is 0. The Bertz CT molecular complexity index is 1170.